The lowest BCUT2D eigenvalue weighted by Crippen LogP contribution is -2.23. The maximum atomic E-state index is 9.99. The van der Waals surface area contributed by atoms with Gasteiger partial charge in [0.2, 0.25) is 0 Å². The maximum Gasteiger partial charge on any atom is 0.131 e. The van der Waals surface area contributed by atoms with E-state index in [1.807, 2.05) is 31.3 Å². The molecule has 0 aliphatic carbocycles. The van der Waals surface area contributed by atoms with E-state index < -0.39 is 12.2 Å². The number of fused-ring (bicyclic) bond motifs is 1. The fourth-order valence-electron chi connectivity index (χ4n) is 1.63. The van der Waals surface area contributed by atoms with Crippen LogP contribution in [-0.4, -0.2) is 34.9 Å². The molecule has 0 amide bonds. The molecule has 1 aromatic carbocycles. The van der Waals surface area contributed by atoms with Crippen molar-refractivity contribution in [2.45, 2.75) is 18.6 Å². The zero-order chi connectivity index (χ0) is 12.3. The molecular weight excluding hydrogens is 236 g/mol. The van der Waals surface area contributed by atoms with Gasteiger partial charge >= 0.3 is 0 Å². The third-order valence-corrected chi connectivity index (χ3v) is 3.73. The molecular formula is C12H16N2O2S. The zero-order valence-electron chi connectivity index (χ0n) is 9.63. The predicted octanol–water partition coefficient (Wildman–Crippen LogP) is 1.30. The lowest BCUT2D eigenvalue weighted by molar-refractivity contribution is 0.0140. The van der Waals surface area contributed by atoms with Gasteiger partial charge in [-0.3, -0.25) is 0 Å². The molecule has 2 unspecified atom stereocenters. The van der Waals surface area contributed by atoms with E-state index in [9.17, 15) is 10.2 Å². The fourth-order valence-corrected chi connectivity index (χ4v) is 2.64. The third-order valence-electron chi connectivity index (χ3n) is 2.62. The molecule has 4 nitrogen and oxygen atoms in total. The maximum absolute atomic E-state index is 9.99. The lowest BCUT2D eigenvalue weighted by Gasteiger charge is -2.14. The van der Waals surface area contributed by atoms with E-state index in [0.29, 0.717) is 18.0 Å². The van der Waals surface area contributed by atoms with Gasteiger partial charge in [-0.15, -0.1) is 11.3 Å². The number of rotatable bonds is 5. The summed E-state index contributed by atoms with van der Waals surface area (Å²) in [6, 6.07) is 7.72. The number of nitrogens with zero attached hydrogens (tertiary/aromatic N) is 1. The Kier molecular flexibility index (Phi) is 4.06. The molecule has 0 saturated carbocycles. The number of nitrogens with one attached hydrogen (secondary N) is 1. The van der Waals surface area contributed by atoms with Gasteiger partial charge in [0, 0.05) is 0 Å². The number of aromatic nitrogens is 1. The second kappa shape index (κ2) is 5.55. The van der Waals surface area contributed by atoms with Crippen LogP contribution < -0.4 is 5.32 Å². The van der Waals surface area contributed by atoms with E-state index in [-0.39, 0.29) is 0 Å². The van der Waals surface area contributed by atoms with E-state index in [0.717, 1.165) is 10.2 Å². The number of hydrogen-bond acceptors (Lipinski definition) is 5. The van der Waals surface area contributed by atoms with Crippen LogP contribution in [0.25, 0.3) is 10.2 Å². The smallest absolute Gasteiger partial charge is 0.131 e. The van der Waals surface area contributed by atoms with Gasteiger partial charge in [-0.1, -0.05) is 12.1 Å². The normalized spacial score (nSPS) is 15.0. The van der Waals surface area contributed by atoms with Crippen LogP contribution in [0.3, 0.4) is 0 Å². The monoisotopic (exact) mass is 252 g/mol. The summed E-state index contributed by atoms with van der Waals surface area (Å²) in [6.45, 7) is 0.670. The van der Waals surface area contributed by atoms with Crippen molar-refractivity contribution in [1.29, 1.82) is 0 Å². The molecule has 0 aliphatic heterocycles. The highest BCUT2D eigenvalue weighted by molar-refractivity contribution is 7.18. The quantitative estimate of drug-likeness (QED) is 0.750. The van der Waals surface area contributed by atoms with Gasteiger partial charge in [-0.05, 0) is 32.1 Å². The topological polar surface area (TPSA) is 65.4 Å². The van der Waals surface area contributed by atoms with Gasteiger partial charge in [-0.25, -0.2) is 4.98 Å². The molecule has 1 aromatic heterocycles. The predicted molar refractivity (Wildman–Crippen MR) is 69.1 cm³/mol. The Bertz CT molecular complexity index is 453. The van der Waals surface area contributed by atoms with Crippen LogP contribution in [0, 0.1) is 0 Å². The first-order valence-electron chi connectivity index (χ1n) is 5.58. The van der Waals surface area contributed by atoms with E-state index in [4.69, 9.17) is 0 Å². The lowest BCUT2D eigenvalue weighted by atomic mass is 10.1. The summed E-state index contributed by atoms with van der Waals surface area (Å²) in [6.07, 6.45) is -1.17. The van der Waals surface area contributed by atoms with Crippen LogP contribution >= 0.6 is 11.3 Å². The summed E-state index contributed by atoms with van der Waals surface area (Å²) >= 11 is 1.43. The Balaban J connectivity index is 2.15. The van der Waals surface area contributed by atoms with E-state index in [1.165, 1.54) is 11.3 Å². The van der Waals surface area contributed by atoms with Crippen molar-refractivity contribution in [1.82, 2.24) is 10.3 Å². The second-order valence-electron chi connectivity index (χ2n) is 3.92. The Labute approximate surface area is 104 Å². The van der Waals surface area contributed by atoms with Crippen LogP contribution in [-0.2, 0) is 0 Å². The van der Waals surface area contributed by atoms with Crippen LogP contribution in [0.4, 0.5) is 0 Å². The molecule has 0 aliphatic rings. The van der Waals surface area contributed by atoms with Crippen molar-refractivity contribution in [3.63, 3.8) is 0 Å². The van der Waals surface area contributed by atoms with Crippen molar-refractivity contribution in [2.24, 2.45) is 0 Å². The van der Waals surface area contributed by atoms with Crippen molar-refractivity contribution >= 4 is 21.6 Å². The van der Waals surface area contributed by atoms with Gasteiger partial charge in [0.25, 0.3) is 0 Å². The first-order chi connectivity index (χ1) is 8.22. The molecule has 0 spiro atoms. The van der Waals surface area contributed by atoms with Crippen LogP contribution in [0.5, 0.6) is 0 Å². The first-order valence-corrected chi connectivity index (χ1v) is 6.40. The molecule has 0 fully saturated rings. The minimum absolute atomic E-state index is 0.508. The summed E-state index contributed by atoms with van der Waals surface area (Å²) < 4.78 is 1.03. The second-order valence-corrected chi connectivity index (χ2v) is 4.99. The Morgan fingerprint density at radius 3 is 2.82 bits per heavy atom. The molecule has 1 heterocycles. The molecule has 2 aromatic rings. The van der Waals surface area contributed by atoms with Gasteiger partial charge in [0.1, 0.15) is 11.1 Å². The minimum Gasteiger partial charge on any atom is -0.390 e. The average molecular weight is 252 g/mol. The first kappa shape index (κ1) is 12.4. The summed E-state index contributed by atoms with van der Waals surface area (Å²) in [5, 5.41) is 23.3. The van der Waals surface area contributed by atoms with Crippen molar-refractivity contribution in [2.75, 3.05) is 13.6 Å². The molecule has 3 N–H and O–H groups in total. The number of para-hydroxylation sites is 1. The van der Waals surface area contributed by atoms with Crippen LogP contribution in [0.15, 0.2) is 24.3 Å². The number of aliphatic hydroxyl groups is 2. The molecule has 92 valence electrons. The molecule has 2 atom stereocenters. The molecule has 2 rings (SSSR count). The number of benzene rings is 1. The Morgan fingerprint density at radius 2 is 2.12 bits per heavy atom. The van der Waals surface area contributed by atoms with Gasteiger partial charge in [0.15, 0.2) is 0 Å². The molecule has 0 saturated heterocycles. The molecule has 5 heteroatoms. The van der Waals surface area contributed by atoms with Crippen LogP contribution in [0.1, 0.15) is 17.5 Å². The molecule has 0 bridgehead atoms. The van der Waals surface area contributed by atoms with Crippen molar-refractivity contribution in [3.05, 3.63) is 29.3 Å². The van der Waals surface area contributed by atoms with Gasteiger partial charge < -0.3 is 15.5 Å². The van der Waals surface area contributed by atoms with Crippen molar-refractivity contribution < 1.29 is 10.2 Å². The largest absolute Gasteiger partial charge is 0.390 e. The minimum atomic E-state index is -0.902. The summed E-state index contributed by atoms with van der Waals surface area (Å²) in [7, 11) is 1.82. The fraction of sp³-hybridized carbons (Fsp3) is 0.417. The Morgan fingerprint density at radius 1 is 1.35 bits per heavy atom. The van der Waals surface area contributed by atoms with E-state index in [1.54, 1.807) is 0 Å². The van der Waals surface area contributed by atoms with Crippen molar-refractivity contribution in [3.8, 4) is 0 Å². The number of thiazole rings is 1. The molecule has 0 radical (unpaired) electrons. The molecule has 17 heavy (non-hydrogen) atoms. The van der Waals surface area contributed by atoms with E-state index in [2.05, 4.69) is 10.3 Å². The van der Waals surface area contributed by atoms with Gasteiger partial charge in [-0.2, -0.15) is 0 Å². The highest BCUT2D eigenvalue weighted by Gasteiger charge is 2.21. The highest BCUT2D eigenvalue weighted by Crippen LogP contribution is 2.28. The number of aliphatic hydroxyl groups excluding tert-OH is 2. The standard InChI is InChI=1S/C12H16N2O2S/c1-13-7-6-9(15)11(16)12-14-8-4-2-3-5-10(8)17-12/h2-5,9,11,13,15-16H,6-7H2,1H3. The SMILES string of the molecule is CNCCC(O)C(O)c1nc2ccccc2s1. The summed E-state index contributed by atoms with van der Waals surface area (Å²) in [5.74, 6) is 0. The number of hydrogen-bond donors (Lipinski definition) is 3. The van der Waals surface area contributed by atoms with Gasteiger partial charge in [0.05, 0.1) is 16.3 Å². The summed E-state index contributed by atoms with van der Waals surface area (Å²) in [5.41, 5.74) is 0.868. The average Bonchev–Trinajstić information content (AvgIpc) is 2.78. The van der Waals surface area contributed by atoms with E-state index >= 15 is 0 Å². The summed E-state index contributed by atoms with van der Waals surface area (Å²) in [4.78, 5) is 4.33. The Hall–Kier alpha value is -1.01. The highest BCUT2D eigenvalue weighted by atomic mass is 32.1. The zero-order valence-corrected chi connectivity index (χ0v) is 10.4. The van der Waals surface area contributed by atoms with Crippen LogP contribution in [0.2, 0.25) is 0 Å². The third kappa shape index (κ3) is 2.81.